The van der Waals surface area contributed by atoms with Gasteiger partial charge < -0.3 is 14.8 Å². The van der Waals surface area contributed by atoms with Crippen LogP contribution in [0.5, 0.6) is 11.5 Å². The monoisotopic (exact) mass is 448 g/mol. The van der Waals surface area contributed by atoms with Crippen LogP contribution in [0.3, 0.4) is 0 Å². The van der Waals surface area contributed by atoms with E-state index in [-0.39, 0.29) is 17.3 Å². The number of aromatic amines is 1. The summed E-state index contributed by atoms with van der Waals surface area (Å²) in [5.74, 6) is 1.13. The molecule has 5 rings (SSSR count). The summed E-state index contributed by atoms with van der Waals surface area (Å²) < 4.78 is 12.1. The average molecular weight is 448 g/mol. The number of hydrogen-bond acceptors (Lipinski definition) is 10. The van der Waals surface area contributed by atoms with Crippen molar-refractivity contribution in [3.05, 3.63) is 74.1 Å². The fraction of sp³-hybridized carbons (Fsp3) is 0.150. The molecule has 33 heavy (non-hydrogen) atoms. The number of H-pyrrole nitrogens is 1. The number of nitro benzene ring substituents is 1. The van der Waals surface area contributed by atoms with E-state index in [9.17, 15) is 14.9 Å². The first-order valence-corrected chi connectivity index (χ1v) is 9.66. The molecule has 2 aromatic heterocycles. The number of methoxy groups -OCH3 is 2. The summed E-state index contributed by atoms with van der Waals surface area (Å²) in [6, 6.07) is 10.5. The Morgan fingerprint density at radius 2 is 1.91 bits per heavy atom. The summed E-state index contributed by atoms with van der Waals surface area (Å²) in [4.78, 5) is 24.1. The van der Waals surface area contributed by atoms with E-state index in [4.69, 9.17) is 9.47 Å². The minimum atomic E-state index is -0.897. The van der Waals surface area contributed by atoms with Crippen LogP contribution in [-0.2, 0) is 0 Å². The number of para-hydroxylation sites is 1. The van der Waals surface area contributed by atoms with E-state index < -0.39 is 16.5 Å². The van der Waals surface area contributed by atoms with E-state index in [2.05, 4.69) is 31.0 Å². The molecule has 0 saturated carbocycles. The van der Waals surface area contributed by atoms with Crippen molar-refractivity contribution in [1.29, 1.82) is 0 Å². The van der Waals surface area contributed by atoms with E-state index in [0.29, 0.717) is 33.9 Å². The van der Waals surface area contributed by atoms with Gasteiger partial charge in [-0.05, 0) is 34.7 Å². The van der Waals surface area contributed by atoms with Gasteiger partial charge in [-0.2, -0.15) is 9.78 Å². The van der Waals surface area contributed by atoms with Gasteiger partial charge in [-0.1, -0.05) is 17.2 Å². The largest absolute Gasteiger partial charge is 0.493 e. The molecule has 3 heterocycles. The SMILES string of the molecule is COc1ccc(-c2n[nH]c(=O)c3c2[C@@H](c2ccccc2[N+](=O)[O-])n2nnnc2N3)cc1OC. The number of nitrogens with one attached hydrogen (secondary N) is 2. The molecule has 13 heteroatoms. The van der Waals surface area contributed by atoms with Gasteiger partial charge in [0.2, 0.25) is 5.95 Å². The van der Waals surface area contributed by atoms with Crippen LogP contribution >= 0.6 is 0 Å². The van der Waals surface area contributed by atoms with Crippen LogP contribution in [-0.4, -0.2) is 49.5 Å². The van der Waals surface area contributed by atoms with E-state index in [1.54, 1.807) is 36.4 Å². The number of nitro groups is 1. The van der Waals surface area contributed by atoms with Gasteiger partial charge in [-0.3, -0.25) is 14.9 Å². The van der Waals surface area contributed by atoms with Crippen molar-refractivity contribution in [2.24, 2.45) is 0 Å². The molecular weight excluding hydrogens is 432 g/mol. The summed E-state index contributed by atoms with van der Waals surface area (Å²) in [5.41, 5.74) is 1.10. The van der Waals surface area contributed by atoms with Gasteiger partial charge in [0, 0.05) is 17.2 Å². The smallest absolute Gasteiger partial charge is 0.288 e. The van der Waals surface area contributed by atoms with Gasteiger partial charge in [0.05, 0.1) is 30.4 Å². The van der Waals surface area contributed by atoms with Gasteiger partial charge in [0.25, 0.3) is 11.2 Å². The Morgan fingerprint density at radius 1 is 1.12 bits per heavy atom. The lowest BCUT2D eigenvalue weighted by atomic mass is 9.91. The number of rotatable bonds is 5. The molecule has 0 aliphatic carbocycles. The number of benzene rings is 2. The third-order valence-electron chi connectivity index (χ3n) is 5.35. The van der Waals surface area contributed by atoms with E-state index in [1.807, 2.05) is 0 Å². The first-order valence-electron chi connectivity index (χ1n) is 9.66. The molecule has 2 aromatic carbocycles. The van der Waals surface area contributed by atoms with Crippen LogP contribution in [0.2, 0.25) is 0 Å². The summed E-state index contributed by atoms with van der Waals surface area (Å²) in [7, 11) is 3.02. The summed E-state index contributed by atoms with van der Waals surface area (Å²) in [5, 5.41) is 33.1. The van der Waals surface area contributed by atoms with Crippen molar-refractivity contribution in [1.82, 2.24) is 30.4 Å². The topological polar surface area (TPSA) is 163 Å². The van der Waals surface area contributed by atoms with Crippen LogP contribution in [0.25, 0.3) is 11.3 Å². The Kier molecular flexibility index (Phi) is 4.70. The Labute approximate surface area is 185 Å². The van der Waals surface area contributed by atoms with Crippen LogP contribution in [0, 0.1) is 10.1 Å². The van der Waals surface area contributed by atoms with E-state index >= 15 is 0 Å². The molecular formula is C20H16N8O5. The molecule has 0 unspecified atom stereocenters. The van der Waals surface area contributed by atoms with E-state index in [0.717, 1.165) is 0 Å². The quantitative estimate of drug-likeness (QED) is 0.300. The number of tetrazole rings is 1. The molecule has 1 aliphatic rings. The zero-order chi connectivity index (χ0) is 23.1. The lowest BCUT2D eigenvalue weighted by Gasteiger charge is -2.27. The van der Waals surface area contributed by atoms with Crippen molar-refractivity contribution < 1.29 is 14.4 Å². The molecule has 0 spiro atoms. The second-order valence-corrected chi connectivity index (χ2v) is 7.05. The number of fused-ring (bicyclic) bond motifs is 2. The molecule has 1 atom stereocenters. The van der Waals surface area contributed by atoms with Crippen LogP contribution in [0.4, 0.5) is 17.3 Å². The average Bonchev–Trinajstić information content (AvgIpc) is 3.31. The molecule has 0 fully saturated rings. The Morgan fingerprint density at radius 3 is 2.67 bits per heavy atom. The maximum atomic E-state index is 12.8. The lowest BCUT2D eigenvalue weighted by molar-refractivity contribution is -0.385. The second kappa shape index (κ2) is 7.71. The van der Waals surface area contributed by atoms with Crippen molar-refractivity contribution in [3.8, 4) is 22.8 Å². The highest BCUT2D eigenvalue weighted by Gasteiger charge is 2.37. The van der Waals surface area contributed by atoms with Crippen LogP contribution in [0.1, 0.15) is 17.2 Å². The fourth-order valence-electron chi connectivity index (χ4n) is 3.91. The third-order valence-corrected chi connectivity index (χ3v) is 5.35. The molecule has 0 amide bonds. The molecule has 166 valence electrons. The molecule has 0 radical (unpaired) electrons. The normalized spacial score (nSPS) is 14.1. The highest BCUT2D eigenvalue weighted by atomic mass is 16.6. The summed E-state index contributed by atoms with van der Waals surface area (Å²) >= 11 is 0. The van der Waals surface area contributed by atoms with Crippen molar-refractivity contribution >= 4 is 17.3 Å². The number of aromatic nitrogens is 6. The zero-order valence-electron chi connectivity index (χ0n) is 17.3. The minimum absolute atomic E-state index is 0.139. The predicted molar refractivity (Wildman–Crippen MR) is 115 cm³/mol. The standard InChI is InChI=1S/C20H16N8O5/c1-32-13-8-7-10(9-14(13)33-2)16-15-17(19(29)23-22-16)21-20-24-25-26-27(20)18(15)11-5-3-4-6-12(11)28(30)31/h3-9,18H,1-2H3,(H,23,29)(H,21,24,26)/t18-/m1/s1. The minimum Gasteiger partial charge on any atom is -0.493 e. The van der Waals surface area contributed by atoms with Crippen molar-refractivity contribution in [2.45, 2.75) is 6.04 Å². The lowest BCUT2D eigenvalue weighted by Crippen LogP contribution is -2.29. The Balaban J connectivity index is 1.83. The van der Waals surface area contributed by atoms with Gasteiger partial charge in [0.1, 0.15) is 11.7 Å². The zero-order valence-corrected chi connectivity index (χ0v) is 17.3. The maximum Gasteiger partial charge on any atom is 0.288 e. The fourth-order valence-corrected chi connectivity index (χ4v) is 3.91. The highest BCUT2D eigenvalue weighted by Crippen LogP contribution is 2.44. The molecule has 2 N–H and O–H groups in total. The number of hydrogen-bond donors (Lipinski definition) is 2. The molecule has 1 aliphatic heterocycles. The highest BCUT2D eigenvalue weighted by molar-refractivity contribution is 5.77. The Hall–Kier alpha value is -4.81. The summed E-state index contributed by atoms with van der Waals surface area (Å²) in [6.45, 7) is 0. The first kappa shape index (κ1) is 20.1. The maximum absolute atomic E-state index is 12.8. The second-order valence-electron chi connectivity index (χ2n) is 7.05. The molecule has 0 saturated heterocycles. The van der Waals surface area contributed by atoms with Crippen molar-refractivity contribution in [2.75, 3.05) is 19.5 Å². The summed E-state index contributed by atoms with van der Waals surface area (Å²) in [6.07, 6.45) is 0. The number of anilines is 2. The molecule has 13 nitrogen and oxygen atoms in total. The number of nitrogens with zero attached hydrogens (tertiary/aromatic N) is 6. The van der Waals surface area contributed by atoms with Crippen LogP contribution in [0.15, 0.2) is 47.3 Å². The molecule has 0 bridgehead atoms. The Bertz CT molecular complexity index is 1450. The van der Waals surface area contributed by atoms with Gasteiger partial charge in [-0.15, -0.1) is 0 Å². The van der Waals surface area contributed by atoms with Gasteiger partial charge >= 0.3 is 0 Å². The number of ether oxygens (including phenoxy) is 2. The van der Waals surface area contributed by atoms with Gasteiger partial charge in [-0.25, -0.2) is 5.10 Å². The third kappa shape index (κ3) is 3.13. The first-order chi connectivity index (χ1) is 16.0. The van der Waals surface area contributed by atoms with Gasteiger partial charge in [0.15, 0.2) is 11.5 Å². The predicted octanol–water partition coefficient (Wildman–Crippen LogP) is 2.04. The van der Waals surface area contributed by atoms with Crippen molar-refractivity contribution in [3.63, 3.8) is 0 Å². The van der Waals surface area contributed by atoms with Crippen LogP contribution < -0.4 is 20.3 Å². The molecule has 4 aromatic rings. The van der Waals surface area contributed by atoms with E-state index in [1.165, 1.54) is 25.0 Å².